The van der Waals surface area contributed by atoms with Crippen LogP contribution in [0.3, 0.4) is 0 Å². The van der Waals surface area contributed by atoms with Crippen LogP contribution in [0.15, 0.2) is 72.8 Å². The number of benzene rings is 3. The molecule has 4 aromatic rings. The van der Waals surface area contributed by atoms with E-state index in [-0.39, 0.29) is 18.3 Å². The van der Waals surface area contributed by atoms with Crippen molar-refractivity contribution in [1.82, 2.24) is 4.98 Å². The summed E-state index contributed by atoms with van der Waals surface area (Å²) in [5.74, 6) is 0. The van der Waals surface area contributed by atoms with Gasteiger partial charge in [-0.3, -0.25) is 0 Å². The van der Waals surface area contributed by atoms with E-state index in [2.05, 4.69) is 100 Å². The maximum Gasteiger partial charge on any atom is 0.494 e. The van der Waals surface area contributed by atoms with Crippen molar-refractivity contribution in [3.8, 4) is 22.4 Å². The maximum atomic E-state index is 6.23. The normalized spacial score (nSPS) is 18.1. The number of pyridine rings is 1. The predicted octanol–water partition coefficient (Wildman–Crippen LogP) is 5.77. The average Bonchev–Trinajstić information content (AvgIpc) is 3.27. The number of fused-ring (bicyclic) bond motifs is 5. The molecule has 0 saturated carbocycles. The lowest BCUT2D eigenvalue weighted by Gasteiger charge is -2.32. The zero-order chi connectivity index (χ0) is 22.1. The molecule has 6 rings (SSSR count). The van der Waals surface area contributed by atoms with Crippen LogP contribution in [0.1, 0.15) is 38.8 Å². The first-order valence-electron chi connectivity index (χ1n) is 11.3. The first-order chi connectivity index (χ1) is 15.3. The second kappa shape index (κ2) is 6.78. The quantitative estimate of drug-likeness (QED) is 0.341. The predicted molar refractivity (Wildman–Crippen MR) is 131 cm³/mol. The van der Waals surface area contributed by atoms with Crippen molar-refractivity contribution in [1.29, 1.82) is 0 Å². The molecular weight excluding hydrogens is 393 g/mol. The van der Waals surface area contributed by atoms with Gasteiger partial charge in [0.25, 0.3) is 0 Å². The topological polar surface area (TPSA) is 31.4 Å². The van der Waals surface area contributed by atoms with E-state index in [1.165, 1.54) is 27.6 Å². The van der Waals surface area contributed by atoms with Gasteiger partial charge < -0.3 is 9.31 Å². The van der Waals surface area contributed by atoms with E-state index in [0.29, 0.717) is 0 Å². The lowest BCUT2D eigenvalue weighted by Crippen LogP contribution is -2.41. The molecule has 0 atom stereocenters. The monoisotopic (exact) mass is 419 g/mol. The zero-order valence-electron chi connectivity index (χ0n) is 19.0. The Morgan fingerprint density at radius 2 is 1.44 bits per heavy atom. The smallest absolute Gasteiger partial charge is 0.399 e. The highest BCUT2D eigenvalue weighted by Gasteiger charge is 2.51. The fraction of sp³-hybridized carbons (Fsp3) is 0.250. The van der Waals surface area contributed by atoms with Gasteiger partial charge in [0, 0.05) is 17.4 Å². The lowest BCUT2D eigenvalue weighted by molar-refractivity contribution is 0.00578. The molecule has 0 amide bonds. The molecule has 3 aromatic carbocycles. The fourth-order valence-electron chi connectivity index (χ4n) is 4.86. The van der Waals surface area contributed by atoms with Gasteiger partial charge >= 0.3 is 7.12 Å². The van der Waals surface area contributed by atoms with E-state index in [0.717, 1.165) is 28.7 Å². The first kappa shape index (κ1) is 19.7. The summed E-state index contributed by atoms with van der Waals surface area (Å²) in [6, 6.07) is 25.7. The largest absolute Gasteiger partial charge is 0.494 e. The van der Waals surface area contributed by atoms with Crippen molar-refractivity contribution in [2.45, 2.75) is 45.3 Å². The minimum absolute atomic E-state index is 0.344. The number of hydrogen-bond donors (Lipinski definition) is 0. The average molecular weight is 419 g/mol. The van der Waals surface area contributed by atoms with Crippen LogP contribution in [-0.2, 0) is 15.7 Å². The molecule has 3 nitrogen and oxygen atoms in total. The molecule has 1 fully saturated rings. The van der Waals surface area contributed by atoms with Gasteiger partial charge in [-0.05, 0) is 61.5 Å². The summed E-state index contributed by atoms with van der Waals surface area (Å²) in [4.78, 5) is 5.11. The van der Waals surface area contributed by atoms with Crippen molar-refractivity contribution >= 4 is 23.5 Å². The van der Waals surface area contributed by atoms with Gasteiger partial charge in [-0.2, -0.15) is 0 Å². The summed E-state index contributed by atoms with van der Waals surface area (Å²) in [6.07, 6.45) is 0.914. The Morgan fingerprint density at radius 1 is 0.781 bits per heavy atom. The molecule has 0 N–H and O–H groups in total. The molecule has 1 saturated heterocycles. The van der Waals surface area contributed by atoms with Crippen LogP contribution in [0.5, 0.6) is 0 Å². The number of hydrogen-bond acceptors (Lipinski definition) is 3. The molecule has 158 valence electrons. The van der Waals surface area contributed by atoms with Gasteiger partial charge in [0.05, 0.1) is 22.4 Å². The first-order valence-corrected chi connectivity index (χ1v) is 11.3. The molecule has 1 aliphatic carbocycles. The third-order valence-corrected chi connectivity index (χ3v) is 7.36. The highest BCUT2D eigenvalue weighted by atomic mass is 16.7. The zero-order valence-corrected chi connectivity index (χ0v) is 19.0. The van der Waals surface area contributed by atoms with E-state index in [1.54, 1.807) is 0 Å². The minimum atomic E-state index is -0.353. The van der Waals surface area contributed by atoms with E-state index in [4.69, 9.17) is 14.3 Å². The number of rotatable bonds is 2. The molecule has 0 unspecified atom stereocenters. The molecular formula is C28H26BNO2. The SMILES string of the molecule is CC1(C)OB(c2ccc(-c3nc4ccccc4c4c3Cc3ccccc3-4)cc2)OC1(C)C. The van der Waals surface area contributed by atoms with Gasteiger partial charge in [0.1, 0.15) is 0 Å². The summed E-state index contributed by atoms with van der Waals surface area (Å²) in [7, 11) is -0.353. The van der Waals surface area contributed by atoms with E-state index >= 15 is 0 Å². The van der Waals surface area contributed by atoms with E-state index < -0.39 is 0 Å². The number of para-hydroxylation sites is 1. The molecule has 1 aliphatic heterocycles. The summed E-state index contributed by atoms with van der Waals surface area (Å²) in [5.41, 5.74) is 8.92. The standard InChI is InChI=1S/C28H26BNO2/c1-27(2)28(3,4)32-29(31-27)20-15-13-18(14-16-20)26-23-17-19-9-5-6-10-21(19)25(23)22-11-7-8-12-24(22)30-26/h5-16H,17H2,1-4H3. The Labute approximate surface area is 189 Å². The van der Waals surface area contributed by atoms with Crippen molar-refractivity contribution in [3.05, 3.63) is 83.9 Å². The van der Waals surface area contributed by atoms with Gasteiger partial charge in [-0.15, -0.1) is 0 Å². The van der Waals surface area contributed by atoms with Gasteiger partial charge in [-0.25, -0.2) is 4.98 Å². The molecule has 0 radical (unpaired) electrons. The van der Waals surface area contributed by atoms with Gasteiger partial charge in [-0.1, -0.05) is 66.7 Å². The van der Waals surface area contributed by atoms with Crippen molar-refractivity contribution in [2.75, 3.05) is 0 Å². The number of aromatic nitrogens is 1. The minimum Gasteiger partial charge on any atom is -0.399 e. The Balaban J connectivity index is 1.45. The molecule has 2 heterocycles. The second-order valence-corrected chi connectivity index (χ2v) is 9.88. The molecule has 4 heteroatoms. The Bertz CT molecular complexity index is 1340. The van der Waals surface area contributed by atoms with Crippen LogP contribution in [0.25, 0.3) is 33.3 Å². The van der Waals surface area contributed by atoms with Crippen LogP contribution >= 0.6 is 0 Å². The Morgan fingerprint density at radius 3 is 2.19 bits per heavy atom. The van der Waals surface area contributed by atoms with E-state index in [1.807, 2.05) is 0 Å². The van der Waals surface area contributed by atoms with Gasteiger partial charge in [0.2, 0.25) is 0 Å². The van der Waals surface area contributed by atoms with Gasteiger partial charge in [0.15, 0.2) is 0 Å². The fourth-order valence-corrected chi connectivity index (χ4v) is 4.86. The van der Waals surface area contributed by atoms with Crippen molar-refractivity contribution in [2.24, 2.45) is 0 Å². The van der Waals surface area contributed by atoms with Crippen LogP contribution < -0.4 is 5.46 Å². The third kappa shape index (κ3) is 2.87. The molecule has 2 aliphatic rings. The number of nitrogens with zero attached hydrogens (tertiary/aromatic N) is 1. The molecule has 0 bridgehead atoms. The third-order valence-electron chi connectivity index (χ3n) is 7.36. The van der Waals surface area contributed by atoms with Crippen LogP contribution in [0.4, 0.5) is 0 Å². The summed E-state index contributed by atoms with van der Waals surface area (Å²) >= 11 is 0. The van der Waals surface area contributed by atoms with Crippen molar-refractivity contribution in [3.63, 3.8) is 0 Å². The second-order valence-electron chi connectivity index (χ2n) is 9.88. The van der Waals surface area contributed by atoms with Crippen LogP contribution in [0, 0.1) is 0 Å². The van der Waals surface area contributed by atoms with Crippen molar-refractivity contribution < 1.29 is 9.31 Å². The highest BCUT2D eigenvalue weighted by molar-refractivity contribution is 6.62. The summed E-state index contributed by atoms with van der Waals surface area (Å²) in [6.45, 7) is 8.34. The summed E-state index contributed by atoms with van der Waals surface area (Å²) in [5, 5.41) is 1.23. The molecule has 32 heavy (non-hydrogen) atoms. The Kier molecular flexibility index (Phi) is 4.17. The molecule has 0 spiro atoms. The van der Waals surface area contributed by atoms with Crippen LogP contribution in [0.2, 0.25) is 0 Å². The lowest BCUT2D eigenvalue weighted by atomic mass is 9.78. The Hall–Kier alpha value is -2.95. The highest BCUT2D eigenvalue weighted by Crippen LogP contribution is 2.44. The maximum absolute atomic E-state index is 6.23. The summed E-state index contributed by atoms with van der Waals surface area (Å²) < 4.78 is 12.5. The van der Waals surface area contributed by atoms with E-state index in [9.17, 15) is 0 Å². The molecule has 1 aromatic heterocycles. The van der Waals surface area contributed by atoms with Crippen LogP contribution in [-0.4, -0.2) is 23.3 Å².